The number of nitrogens with zero attached hydrogens (tertiary/aromatic N) is 2. The molecule has 1 aliphatic heterocycles. The molecule has 1 heterocycles. The van der Waals surface area contributed by atoms with E-state index in [2.05, 4.69) is 41.1 Å². The topological polar surface area (TPSA) is 24.9 Å². The van der Waals surface area contributed by atoms with Crippen molar-refractivity contribution in [2.45, 2.75) is 19.4 Å². The van der Waals surface area contributed by atoms with Crippen molar-refractivity contribution in [1.29, 1.82) is 0 Å². The Balaban J connectivity index is 1.51. The largest absolute Gasteiger partial charge is 0.497 e. The molecule has 2 aromatic rings. The maximum Gasteiger partial charge on any atom is 0.122 e. The van der Waals surface area contributed by atoms with Gasteiger partial charge in [0.15, 0.2) is 0 Å². The summed E-state index contributed by atoms with van der Waals surface area (Å²) in [5.41, 5.74) is 2.42. The van der Waals surface area contributed by atoms with Gasteiger partial charge in [-0.15, -0.1) is 0 Å². The normalized spacial score (nSPS) is 15.8. The van der Waals surface area contributed by atoms with Crippen LogP contribution in [0.4, 0.5) is 0 Å². The SMILES string of the molecule is COc1cccc(COc2ccccc2CCCN2CCN(C)CC2)c1. The summed E-state index contributed by atoms with van der Waals surface area (Å²) in [5.74, 6) is 1.86. The van der Waals surface area contributed by atoms with Gasteiger partial charge >= 0.3 is 0 Å². The van der Waals surface area contributed by atoms with E-state index in [4.69, 9.17) is 9.47 Å². The van der Waals surface area contributed by atoms with Crippen LogP contribution in [0, 0.1) is 0 Å². The predicted molar refractivity (Wildman–Crippen MR) is 106 cm³/mol. The molecule has 0 spiro atoms. The number of ether oxygens (including phenoxy) is 2. The molecule has 0 bridgehead atoms. The van der Waals surface area contributed by atoms with Crippen LogP contribution in [0.15, 0.2) is 48.5 Å². The van der Waals surface area contributed by atoms with Crippen molar-refractivity contribution in [3.05, 3.63) is 59.7 Å². The van der Waals surface area contributed by atoms with Gasteiger partial charge in [-0.3, -0.25) is 0 Å². The van der Waals surface area contributed by atoms with Gasteiger partial charge in [-0.25, -0.2) is 0 Å². The number of hydrogen-bond donors (Lipinski definition) is 0. The first-order valence-corrected chi connectivity index (χ1v) is 9.49. The van der Waals surface area contributed by atoms with Crippen LogP contribution in [0.3, 0.4) is 0 Å². The quantitative estimate of drug-likeness (QED) is 0.725. The lowest BCUT2D eigenvalue weighted by molar-refractivity contribution is 0.153. The average Bonchev–Trinajstić information content (AvgIpc) is 2.69. The van der Waals surface area contributed by atoms with Crippen LogP contribution < -0.4 is 9.47 Å². The smallest absolute Gasteiger partial charge is 0.122 e. The highest BCUT2D eigenvalue weighted by atomic mass is 16.5. The molecule has 1 saturated heterocycles. The second-order valence-electron chi connectivity index (χ2n) is 7.00. The monoisotopic (exact) mass is 354 g/mol. The number of para-hydroxylation sites is 1. The molecule has 140 valence electrons. The fraction of sp³-hybridized carbons (Fsp3) is 0.455. The van der Waals surface area contributed by atoms with Gasteiger partial charge in [0.1, 0.15) is 18.1 Å². The fourth-order valence-electron chi connectivity index (χ4n) is 3.34. The van der Waals surface area contributed by atoms with Crippen molar-refractivity contribution in [1.82, 2.24) is 9.80 Å². The molecular weight excluding hydrogens is 324 g/mol. The van der Waals surface area contributed by atoms with Crippen LogP contribution in [0.25, 0.3) is 0 Å². The van der Waals surface area contributed by atoms with Gasteiger partial charge in [-0.1, -0.05) is 30.3 Å². The van der Waals surface area contributed by atoms with Crippen molar-refractivity contribution in [2.75, 3.05) is 46.9 Å². The lowest BCUT2D eigenvalue weighted by Crippen LogP contribution is -2.44. The van der Waals surface area contributed by atoms with E-state index >= 15 is 0 Å². The molecule has 0 aromatic heterocycles. The van der Waals surface area contributed by atoms with Crippen LogP contribution in [0.1, 0.15) is 17.5 Å². The molecule has 0 aliphatic carbocycles. The first kappa shape index (κ1) is 18.7. The summed E-state index contributed by atoms with van der Waals surface area (Å²) < 4.78 is 11.4. The summed E-state index contributed by atoms with van der Waals surface area (Å²) in [6.45, 7) is 6.46. The molecule has 0 amide bonds. The number of methoxy groups -OCH3 is 1. The minimum Gasteiger partial charge on any atom is -0.497 e. The van der Waals surface area contributed by atoms with Crippen LogP contribution in [-0.4, -0.2) is 56.7 Å². The van der Waals surface area contributed by atoms with Crippen molar-refractivity contribution in [3.8, 4) is 11.5 Å². The zero-order valence-corrected chi connectivity index (χ0v) is 16.0. The fourth-order valence-corrected chi connectivity index (χ4v) is 3.34. The first-order chi connectivity index (χ1) is 12.7. The van der Waals surface area contributed by atoms with Gasteiger partial charge in [0.25, 0.3) is 0 Å². The number of likely N-dealkylation sites (N-methyl/N-ethyl adjacent to an activating group) is 1. The Morgan fingerprint density at radius 2 is 1.77 bits per heavy atom. The molecule has 0 atom stereocenters. The summed E-state index contributed by atoms with van der Waals surface area (Å²) in [4.78, 5) is 4.97. The number of hydrogen-bond acceptors (Lipinski definition) is 4. The Bertz CT molecular complexity index is 681. The highest BCUT2D eigenvalue weighted by Gasteiger charge is 2.13. The molecule has 2 aromatic carbocycles. The summed E-state index contributed by atoms with van der Waals surface area (Å²) in [5, 5.41) is 0. The third-order valence-corrected chi connectivity index (χ3v) is 5.02. The van der Waals surface area contributed by atoms with Crippen molar-refractivity contribution in [3.63, 3.8) is 0 Å². The molecule has 0 unspecified atom stereocenters. The molecular formula is C22H30N2O2. The van der Waals surface area contributed by atoms with E-state index in [-0.39, 0.29) is 0 Å². The molecule has 1 fully saturated rings. The molecule has 0 radical (unpaired) electrons. The average molecular weight is 354 g/mol. The molecule has 3 rings (SSSR count). The Labute approximate surface area is 157 Å². The zero-order valence-electron chi connectivity index (χ0n) is 16.0. The second kappa shape index (κ2) is 9.60. The van der Waals surface area contributed by atoms with Gasteiger partial charge in [0.2, 0.25) is 0 Å². The van der Waals surface area contributed by atoms with Crippen LogP contribution in [0.2, 0.25) is 0 Å². The molecule has 1 aliphatic rings. The third kappa shape index (κ3) is 5.48. The van der Waals surface area contributed by atoms with Gasteiger partial charge in [0, 0.05) is 26.2 Å². The summed E-state index contributed by atoms with van der Waals surface area (Å²) in [6.07, 6.45) is 2.23. The van der Waals surface area contributed by atoms with E-state index in [9.17, 15) is 0 Å². The molecule has 4 nitrogen and oxygen atoms in total. The predicted octanol–water partition coefficient (Wildman–Crippen LogP) is 3.45. The Hall–Kier alpha value is -2.04. The van der Waals surface area contributed by atoms with Crippen LogP contribution in [0.5, 0.6) is 11.5 Å². The summed E-state index contributed by atoms with van der Waals surface area (Å²) >= 11 is 0. The lowest BCUT2D eigenvalue weighted by atomic mass is 10.1. The third-order valence-electron chi connectivity index (χ3n) is 5.02. The van der Waals surface area contributed by atoms with Gasteiger partial charge < -0.3 is 19.3 Å². The zero-order chi connectivity index (χ0) is 18.2. The first-order valence-electron chi connectivity index (χ1n) is 9.49. The highest BCUT2D eigenvalue weighted by molar-refractivity contribution is 5.34. The Morgan fingerprint density at radius 1 is 0.962 bits per heavy atom. The number of aryl methyl sites for hydroxylation is 1. The van der Waals surface area contributed by atoms with E-state index < -0.39 is 0 Å². The Morgan fingerprint density at radius 3 is 2.58 bits per heavy atom. The van der Waals surface area contributed by atoms with E-state index in [1.807, 2.05) is 24.3 Å². The summed E-state index contributed by atoms with van der Waals surface area (Å²) in [6, 6.07) is 16.5. The highest BCUT2D eigenvalue weighted by Crippen LogP contribution is 2.22. The lowest BCUT2D eigenvalue weighted by Gasteiger charge is -2.32. The van der Waals surface area contributed by atoms with Gasteiger partial charge in [-0.2, -0.15) is 0 Å². The number of rotatable bonds is 8. The Kier molecular flexibility index (Phi) is 6.92. The number of benzene rings is 2. The van der Waals surface area contributed by atoms with Gasteiger partial charge in [0.05, 0.1) is 7.11 Å². The molecule has 0 saturated carbocycles. The van der Waals surface area contributed by atoms with E-state index in [1.165, 1.54) is 38.2 Å². The van der Waals surface area contributed by atoms with E-state index in [0.29, 0.717) is 6.61 Å². The minimum absolute atomic E-state index is 0.562. The standard InChI is InChI=1S/C22H30N2O2/c1-23-13-15-24(16-14-23)12-6-9-20-8-3-4-11-22(20)26-18-19-7-5-10-21(17-19)25-2/h3-5,7-8,10-11,17H,6,9,12-16,18H2,1-2H3. The number of piperazine rings is 1. The maximum atomic E-state index is 6.10. The summed E-state index contributed by atoms with van der Waals surface area (Å²) in [7, 11) is 3.89. The minimum atomic E-state index is 0.562. The molecule has 0 N–H and O–H groups in total. The van der Waals surface area contributed by atoms with Crippen LogP contribution in [-0.2, 0) is 13.0 Å². The molecule has 26 heavy (non-hydrogen) atoms. The van der Waals surface area contributed by atoms with E-state index in [0.717, 1.165) is 30.0 Å². The van der Waals surface area contributed by atoms with Gasteiger partial charge in [-0.05, 0) is 55.8 Å². The van der Waals surface area contributed by atoms with Crippen molar-refractivity contribution in [2.24, 2.45) is 0 Å². The van der Waals surface area contributed by atoms with Crippen LogP contribution >= 0.6 is 0 Å². The van der Waals surface area contributed by atoms with E-state index in [1.54, 1.807) is 7.11 Å². The maximum absolute atomic E-state index is 6.10. The van der Waals surface area contributed by atoms with Crippen molar-refractivity contribution >= 4 is 0 Å². The van der Waals surface area contributed by atoms with Crippen molar-refractivity contribution < 1.29 is 9.47 Å². The second-order valence-corrected chi connectivity index (χ2v) is 7.00. The molecule has 4 heteroatoms.